The Kier molecular flexibility index (Phi) is 4.24. The summed E-state index contributed by atoms with van der Waals surface area (Å²) in [6, 6.07) is 13.2. The number of aryl methyl sites for hydroxylation is 1. The maximum atomic E-state index is 6.02. The molecule has 18 heavy (non-hydrogen) atoms. The van der Waals surface area contributed by atoms with Crippen molar-refractivity contribution in [2.45, 2.75) is 6.92 Å². The molecule has 0 saturated heterocycles. The van der Waals surface area contributed by atoms with E-state index in [4.69, 9.17) is 23.2 Å². The molecule has 2 nitrogen and oxygen atoms in total. The number of benzene rings is 2. The second-order valence-corrected chi connectivity index (χ2v) is 4.67. The van der Waals surface area contributed by atoms with E-state index in [1.165, 1.54) is 0 Å². The van der Waals surface area contributed by atoms with Crippen LogP contribution in [0.5, 0.6) is 0 Å². The van der Waals surface area contributed by atoms with Gasteiger partial charge in [-0.1, -0.05) is 47.5 Å². The quantitative estimate of drug-likeness (QED) is 0.636. The third-order valence-electron chi connectivity index (χ3n) is 2.47. The Balaban J connectivity index is 2.07. The van der Waals surface area contributed by atoms with E-state index in [0.29, 0.717) is 10.0 Å². The zero-order valence-corrected chi connectivity index (χ0v) is 11.3. The van der Waals surface area contributed by atoms with E-state index in [0.717, 1.165) is 16.8 Å². The standard InChI is InChI=1S/C14H12Cl2N2/c1-10-6-7-12(8-14(10)16)18-17-9-11-4-2-3-5-13(11)15/h2-9,18H,1H3/b17-9-. The van der Waals surface area contributed by atoms with Gasteiger partial charge in [-0.3, -0.25) is 5.43 Å². The molecule has 0 spiro atoms. The number of anilines is 1. The number of nitrogens with zero attached hydrogens (tertiary/aromatic N) is 1. The Labute approximate surface area is 116 Å². The van der Waals surface area contributed by atoms with Gasteiger partial charge in [0.25, 0.3) is 0 Å². The summed E-state index contributed by atoms with van der Waals surface area (Å²) < 4.78 is 0. The number of hydrazone groups is 1. The van der Waals surface area contributed by atoms with Crippen LogP contribution in [0.3, 0.4) is 0 Å². The molecule has 0 atom stereocenters. The van der Waals surface area contributed by atoms with Gasteiger partial charge in [0.1, 0.15) is 0 Å². The van der Waals surface area contributed by atoms with Crippen LogP contribution in [0.25, 0.3) is 0 Å². The molecule has 4 heteroatoms. The molecular weight excluding hydrogens is 267 g/mol. The molecule has 2 rings (SSSR count). The average molecular weight is 279 g/mol. The first kappa shape index (κ1) is 12.9. The lowest BCUT2D eigenvalue weighted by Crippen LogP contribution is -1.91. The Morgan fingerprint density at radius 1 is 1.06 bits per heavy atom. The van der Waals surface area contributed by atoms with E-state index in [1.807, 2.05) is 49.4 Å². The number of hydrogen-bond acceptors (Lipinski definition) is 2. The highest BCUT2D eigenvalue weighted by Crippen LogP contribution is 2.20. The first-order valence-electron chi connectivity index (χ1n) is 5.46. The molecule has 0 aliphatic heterocycles. The minimum Gasteiger partial charge on any atom is -0.278 e. The van der Waals surface area contributed by atoms with Crippen molar-refractivity contribution in [1.29, 1.82) is 0 Å². The molecule has 92 valence electrons. The average Bonchev–Trinajstić information content (AvgIpc) is 2.36. The number of nitrogens with one attached hydrogen (secondary N) is 1. The van der Waals surface area contributed by atoms with Crippen molar-refractivity contribution in [2.24, 2.45) is 5.10 Å². The van der Waals surface area contributed by atoms with Crippen LogP contribution in [-0.2, 0) is 0 Å². The third kappa shape index (κ3) is 3.25. The van der Waals surface area contributed by atoms with Gasteiger partial charge < -0.3 is 0 Å². The van der Waals surface area contributed by atoms with Gasteiger partial charge in [-0.25, -0.2) is 0 Å². The van der Waals surface area contributed by atoms with Crippen LogP contribution in [-0.4, -0.2) is 6.21 Å². The molecule has 0 aliphatic rings. The van der Waals surface area contributed by atoms with E-state index < -0.39 is 0 Å². The lowest BCUT2D eigenvalue weighted by Gasteiger charge is -2.03. The smallest absolute Gasteiger partial charge is 0.0576 e. The summed E-state index contributed by atoms with van der Waals surface area (Å²) in [5, 5.41) is 5.51. The van der Waals surface area contributed by atoms with Crippen LogP contribution in [0.1, 0.15) is 11.1 Å². The monoisotopic (exact) mass is 278 g/mol. The largest absolute Gasteiger partial charge is 0.278 e. The molecule has 0 bridgehead atoms. The van der Waals surface area contributed by atoms with Gasteiger partial charge in [0.15, 0.2) is 0 Å². The fourth-order valence-electron chi connectivity index (χ4n) is 1.42. The maximum Gasteiger partial charge on any atom is 0.0576 e. The molecule has 0 fully saturated rings. The van der Waals surface area contributed by atoms with Gasteiger partial charge in [-0.15, -0.1) is 0 Å². The topological polar surface area (TPSA) is 24.4 Å². The van der Waals surface area contributed by atoms with Crippen LogP contribution in [0.4, 0.5) is 5.69 Å². The highest BCUT2D eigenvalue weighted by atomic mass is 35.5. The van der Waals surface area contributed by atoms with Gasteiger partial charge in [0.2, 0.25) is 0 Å². The fourth-order valence-corrected chi connectivity index (χ4v) is 1.78. The number of halogens is 2. The summed E-state index contributed by atoms with van der Waals surface area (Å²) in [6.45, 7) is 1.96. The van der Waals surface area contributed by atoms with Gasteiger partial charge >= 0.3 is 0 Å². The Morgan fingerprint density at radius 3 is 2.56 bits per heavy atom. The van der Waals surface area contributed by atoms with E-state index in [2.05, 4.69) is 10.5 Å². The Hall–Kier alpha value is -1.51. The number of hydrogen-bond donors (Lipinski definition) is 1. The van der Waals surface area contributed by atoms with Crippen molar-refractivity contribution in [2.75, 3.05) is 5.43 Å². The van der Waals surface area contributed by atoms with Gasteiger partial charge in [0, 0.05) is 15.6 Å². The zero-order valence-electron chi connectivity index (χ0n) is 9.82. The predicted octanol–water partition coefficient (Wildman–Crippen LogP) is 4.75. The second kappa shape index (κ2) is 5.89. The van der Waals surface area contributed by atoms with Crippen molar-refractivity contribution in [3.8, 4) is 0 Å². The van der Waals surface area contributed by atoms with Crippen molar-refractivity contribution in [1.82, 2.24) is 0 Å². The summed E-state index contributed by atoms with van der Waals surface area (Å²) in [4.78, 5) is 0. The van der Waals surface area contributed by atoms with Crippen LogP contribution in [0, 0.1) is 6.92 Å². The molecule has 0 unspecified atom stereocenters. The number of rotatable bonds is 3. The van der Waals surface area contributed by atoms with Crippen molar-refractivity contribution < 1.29 is 0 Å². The van der Waals surface area contributed by atoms with Crippen molar-refractivity contribution in [3.63, 3.8) is 0 Å². The highest BCUT2D eigenvalue weighted by Gasteiger charge is 1.97. The second-order valence-electron chi connectivity index (χ2n) is 3.86. The van der Waals surface area contributed by atoms with Crippen LogP contribution >= 0.6 is 23.2 Å². The summed E-state index contributed by atoms with van der Waals surface area (Å²) in [7, 11) is 0. The molecule has 0 aromatic heterocycles. The van der Waals surface area contributed by atoms with E-state index in [1.54, 1.807) is 6.21 Å². The van der Waals surface area contributed by atoms with Gasteiger partial charge in [-0.2, -0.15) is 5.10 Å². The molecule has 0 amide bonds. The van der Waals surface area contributed by atoms with E-state index in [-0.39, 0.29) is 0 Å². The van der Waals surface area contributed by atoms with E-state index in [9.17, 15) is 0 Å². The van der Waals surface area contributed by atoms with Gasteiger partial charge in [-0.05, 0) is 30.7 Å². The molecule has 0 heterocycles. The third-order valence-corrected chi connectivity index (χ3v) is 3.23. The lowest BCUT2D eigenvalue weighted by molar-refractivity contribution is 1.34. The molecular formula is C14H12Cl2N2. The molecule has 0 aliphatic carbocycles. The first-order valence-corrected chi connectivity index (χ1v) is 6.22. The van der Waals surface area contributed by atoms with Gasteiger partial charge in [0.05, 0.1) is 11.9 Å². The summed E-state index contributed by atoms with van der Waals surface area (Å²) in [5.74, 6) is 0. The molecule has 0 saturated carbocycles. The summed E-state index contributed by atoms with van der Waals surface area (Å²) >= 11 is 12.0. The van der Waals surface area contributed by atoms with Crippen molar-refractivity contribution >= 4 is 35.1 Å². The summed E-state index contributed by atoms with van der Waals surface area (Å²) in [6.07, 6.45) is 1.68. The molecule has 1 N–H and O–H groups in total. The maximum absolute atomic E-state index is 6.02. The predicted molar refractivity (Wildman–Crippen MR) is 78.9 cm³/mol. The van der Waals surface area contributed by atoms with Crippen LogP contribution in [0.2, 0.25) is 10.0 Å². The minimum atomic E-state index is 0.671. The highest BCUT2D eigenvalue weighted by molar-refractivity contribution is 6.33. The minimum absolute atomic E-state index is 0.671. The fraction of sp³-hybridized carbons (Fsp3) is 0.0714. The Morgan fingerprint density at radius 2 is 1.83 bits per heavy atom. The van der Waals surface area contributed by atoms with Crippen LogP contribution < -0.4 is 5.43 Å². The zero-order chi connectivity index (χ0) is 13.0. The van der Waals surface area contributed by atoms with Crippen LogP contribution in [0.15, 0.2) is 47.6 Å². The Bertz CT molecular complexity index is 580. The normalized spacial score (nSPS) is 10.8. The molecule has 0 radical (unpaired) electrons. The lowest BCUT2D eigenvalue weighted by atomic mass is 10.2. The molecule has 2 aromatic carbocycles. The SMILES string of the molecule is Cc1ccc(N/N=C\c2ccccc2Cl)cc1Cl. The first-order chi connectivity index (χ1) is 8.66. The van der Waals surface area contributed by atoms with Crippen molar-refractivity contribution in [3.05, 3.63) is 63.6 Å². The summed E-state index contributed by atoms with van der Waals surface area (Å²) in [5.41, 5.74) is 5.66. The van der Waals surface area contributed by atoms with E-state index >= 15 is 0 Å². The molecule has 2 aromatic rings.